The van der Waals surface area contributed by atoms with Crippen LogP contribution in [0.25, 0.3) is 0 Å². The number of hydrogen-bond acceptors (Lipinski definition) is 1. The number of hydrogen-bond donors (Lipinski definition) is 1. The van der Waals surface area contributed by atoms with Crippen molar-refractivity contribution in [1.82, 2.24) is 5.32 Å². The Morgan fingerprint density at radius 2 is 1.92 bits per heavy atom. The molecule has 0 aliphatic heterocycles. The molecule has 1 aliphatic carbocycles. The average molecular weight is 181 g/mol. The van der Waals surface area contributed by atoms with Gasteiger partial charge in [0.1, 0.15) is 0 Å². The Balaban J connectivity index is 2.02. The van der Waals surface area contributed by atoms with E-state index < -0.39 is 0 Å². The standard InChI is InChI=1S/C12H23N/c1-3-4-9-13-10-12-7-5-11(2)6-8-12/h3-4,11-13H,5-10H2,1-2H3/b4-3+. The van der Waals surface area contributed by atoms with Gasteiger partial charge in [-0.3, -0.25) is 0 Å². The summed E-state index contributed by atoms with van der Waals surface area (Å²) in [5, 5.41) is 3.48. The molecule has 0 bridgehead atoms. The van der Waals surface area contributed by atoms with E-state index in [2.05, 4.69) is 31.3 Å². The molecule has 0 radical (unpaired) electrons. The van der Waals surface area contributed by atoms with Gasteiger partial charge in [0.25, 0.3) is 0 Å². The Morgan fingerprint density at radius 1 is 1.23 bits per heavy atom. The third-order valence-corrected chi connectivity index (χ3v) is 3.07. The summed E-state index contributed by atoms with van der Waals surface area (Å²) >= 11 is 0. The van der Waals surface area contributed by atoms with E-state index >= 15 is 0 Å². The Bertz CT molecular complexity index is 143. The Kier molecular flexibility index (Phi) is 5.14. The topological polar surface area (TPSA) is 12.0 Å². The lowest BCUT2D eigenvalue weighted by Crippen LogP contribution is -2.26. The first-order valence-corrected chi connectivity index (χ1v) is 5.64. The van der Waals surface area contributed by atoms with Crippen LogP contribution in [0.4, 0.5) is 0 Å². The summed E-state index contributed by atoms with van der Waals surface area (Å²) in [5.74, 6) is 1.92. The SMILES string of the molecule is C/C=C/CNCC1CCC(C)CC1. The Hall–Kier alpha value is -0.300. The molecular weight excluding hydrogens is 158 g/mol. The molecule has 0 aromatic rings. The summed E-state index contributed by atoms with van der Waals surface area (Å²) in [6.45, 7) is 6.72. The molecular formula is C12H23N. The second-order valence-electron chi connectivity index (χ2n) is 4.35. The molecule has 1 fully saturated rings. The summed E-state index contributed by atoms with van der Waals surface area (Å²) in [4.78, 5) is 0. The molecule has 0 atom stereocenters. The van der Waals surface area contributed by atoms with Gasteiger partial charge in [-0.15, -0.1) is 0 Å². The van der Waals surface area contributed by atoms with E-state index in [-0.39, 0.29) is 0 Å². The third-order valence-electron chi connectivity index (χ3n) is 3.07. The Morgan fingerprint density at radius 3 is 2.54 bits per heavy atom. The van der Waals surface area contributed by atoms with Gasteiger partial charge in [-0.2, -0.15) is 0 Å². The minimum atomic E-state index is 0.946. The maximum atomic E-state index is 3.48. The predicted molar refractivity (Wildman–Crippen MR) is 58.8 cm³/mol. The van der Waals surface area contributed by atoms with E-state index in [1.54, 1.807) is 0 Å². The van der Waals surface area contributed by atoms with E-state index in [9.17, 15) is 0 Å². The monoisotopic (exact) mass is 181 g/mol. The lowest BCUT2D eigenvalue weighted by Gasteiger charge is -2.26. The molecule has 1 heteroatoms. The largest absolute Gasteiger partial charge is 0.313 e. The van der Waals surface area contributed by atoms with E-state index in [1.807, 2.05) is 0 Å². The molecule has 76 valence electrons. The summed E-state index contributed by atoms with van der Waals surface area (Å²) in [7, 11) is 0. The molecule has 0 unspecified atom stereocenters. The van der Waals surface area contributed by atoms with Crippen LogP contribution in [0.1, 0.15) is 39.5 Å². The zero-order valence-corrected chi connectivity index (χ0v) is 9.05. The van der Waals surface area contributed by atoms with E-state index in [1.165, 1.54) is 32.2 Å². The zero-order valence-electron chi connectivity index (χ0n) is 9.05. The fourth-order valence-corrected chi connectivity index (χ4v) is 2.02. The highest BCUT2D eigenvalue weighted by Crippen LogP contribution is 2.27. The lowest BCUT2D eigenvalue weighted by atomic mass is 9.83. The highest BCUT2D eigenvalue weighted by atomic mass is 14.8. The normalized spacial score (nSPS) is 29.7. The van der Waals surface area contributed by atoms with Crippen LogP contribution < -0.4 is 5.32 Å². The predicted octanol–water partition coefficient (Wildman–Crippen LogP) is 2.98. The molecule has 0 amide bonds. The molecule has 1 N–H and O–H groups in total. The summed E-state index contributed by atoms with van der Waals surface area (Å²) in [6, 6.07) is 0. The maximum absolute atomic E-state index is 3.48. The van der Waals surface area contributed by atoms with Crippen molar-refractivity contribution in [2.75, 3.05) is 13.1 Å². The smallest absolute Gasteiger partial charge is 0.0134 e. The van der Waals surface area contributed by atoms with Gasteiger partial charge < -0.3 is 5.32 Å². The number of rotatable bonds is 4. The van der Waals surface area contributed by atoms with Gasteiger partial charge >= 0.3 is 0 Å². The van der Waals surface area contributed by atoms with Crippen molar-refractivity contribution in [2.45, 2.75) is 39.5 Å². The van der Waals surface area contributed by atoms with Crippen molar-refractivity contribution in [3.05, 3.63) is 12.2 Å². The maximum Gasteiger partial charge on any atom is 0.0134 e. The van der Waals surface area contributed by atoms with Gasteiger partial charge in [0.05, 0.1) is 0 Å². The number of allylic oxidation sites excluding steroid dienone is 1. The van der Waals surface area contributed by atoms with Crippen molar-refractivity contribution in [1.29, 1.82) is 0 Å². The summed E-state index contributed by atoms with van der Waals surface area (Å²) in [5.41, 5.74) is 0. The first kappa shape index (κ1) is 10.8. The summed E-state index contributed by atoms with van der Waals surface area (Å²) < 4.78 is 0. The fraction of sp³-hybridized carbons (Fsp3) is 0.833. The molecule has 0 saturated heterocycles. The molecule has 1 rings (SSSR count). The average Bonchev–Trinajstić information content (AvgIpc) is 2.15. The second kappa shape index (κ2) is 6.20. The van der Waals surface area contributed by atoms with Gasteiger partial charge in [0.15, 0.2) is 0 Å². The van der Waals surface area contributed by atoms with Crippen LogP contribution >= 0.6 is 0 Å². The van der Waals surface area contributed by atoms with Crippen LogP contribution in [0, 0.1) is 11.8 Å². The fourth-order valence-electron chi connectivity index (χ4n) is 2.02. The quantitative estimate of drug-likeness (QED) is 0.519. The molecule has 1 aliphatic rings. The van der Waals surface area contributed by atoms with Crippen molar-refractivity contribution in [2.24, 2.45) is 11.8 Å². The van der Waals surface area contributed by atoms with Crippen molar-refractivity contribution >= 4 is 0 Å². The summed E-state index contributed by atoms with van der Waals surface area (Å²) in [6.07, 6.45) is 10.0. The van der Waals surface area contributed by atoms with Crippen LogP contribution in [0.15, 0.2) is 12.2 Å². The highest BCUT2D eigenvalue weighted by Gasteiger charge is 2.17. The van der Waals surface area contributed by atoms with Crippen LogP contribution in [-0.4, -0.2) is 13.1 Å². The first-order chi connectivity index (χ1) is 6.33. The third kappa shape index (κ3) is 4.47. The van der Waals surface area contributed by atoms with Crippen molar-refractivity contribution in [3.8, 4) is 0 Å². The zero-order chi connectivity index (χ0) is 9.52. The Labute approximate surface area is 82.6 Å². The van der Waals surface area contributed by atoms with Crippen molar-refractivity contribution in [3.63, 3.8) is 0 Å². The lowest BCUT2D eigenvalue weighted by molar-refractivity contribution is 0.284. The van der Waals surface area contributed by atoms with Gasteiger partial charge in [0, 0.05) is 6.54 Å². The molecule has 0 aromatic carbocycles. The van der Waals surface area contributed by atoms with Crippen LogP contribution in [0.2, 0.25) is 0 Å². The van der Waals surface area contributed by atoms with Crippen LogP contribution in [-0.2, 0) is 0 Å². The van der Waals surface area contributed by atoms with E-state index in [0.29, 0.717) is 0 Å². The second-order valence-corrected chi connectivity index (χ2v) is 4.35. The van der Waals surface area contributed by atoms with E-state index in [0.717, 1.165) is 18.4 Å². The molecule has 0 aromatic heterocycles. The molecule has 0 spiro atoms. The molecule has 1 nitrogen and oxygen atoms in total. The minimum Gasteiger partial charge on any atom is -0.313 e. The van der Waals surface area contributed by atoms with Gasteiger partial charge in [0.2, 0.25) is 0 Å². The van der Waals surface area contributed by atoms with Crippen LogP contribution in [0.3, 0.4) is 0 Å². The van der Waals surface area contributed by atoms with E-state index in [4.69, 9.17) is 0 Å². The van der Waals surface area contributed by atoms with Gasteiger partial charge in [-0.1, -0.05) is 31.9 Å². The molecule has 0 heterocycles. The first-order valence-electron chi connectivity index (χ1n) is 5.64. The molecule has 1 saturated carbocycles. The van der Waals surface area contributed by atoms with Crippen LogP contribution in [0.5, 0.6) is 0 Å². The minimum absolute atomic E-state index is 0.946. The van der Waals surface area contributed by atoms with Gasteiger partial charge in [-0.25, -0.2) is 0 Å². The number of nitrogens with one attached hydrogen (secondary N) is 1. The van der Waals surface area contributed by atoms with Gasteiger partial charge in [-0.05, 0) is 38.1 Å². The van der Waals surface area contributed by atoms with Crippen molar-refractivity contribution < 1.29 is 0 Å². The highest BCUT2D eigenvalue weighted by molar-refractivity contribution is 4.80. The molecule has 13 heavy (non-hydrogen) atoms.